The molecule has 0 unspecified atom stereocenters. The molecule has 7 nitrogen and oxygen atoms in total. The molecule has 1 aliphatic heterocycles. The Morgan fingerprint density at radius 3 is 2.60 bits per heavy atom. The van der Waals surface area contributed by atoms with Crippen LogP contribution in [0.5, 0.6) is 0 Å². The van der Waals surface area contributed by atoms with E-state index in [0.717, 1.165) is 64.6 Å². The van der Waals surface area contributed by atoms with Crippen molar-refractivity contribution in [2.24, 2.45) is 4.99 Å². The van der Waals surface area contributed by atoms with Gasteiger partial charge in [0.25, 0.3) is 0 Å². The number of nitrogens with one attached hydrogen (secondary N) is 1. The van der Waals surface area contributed by atoms with Crippen LogP contribution < -0.4 is 5.32 Å². The molecule has 1 saturated heterocycles. The molecule has 7 heteroatoms. The zero-order valence-corrected chi connectivity index (χ0v) is 18.3. The van der Waals surface area contributed by atoms with E-state index in [1.165, 1.54) is 11.1 Å². The number of likely N-dealkylation sites (tertiary alicyclic amines) is 1. The van der Waals surface area contributed by atoms with E-state index in [4.69, 9.17) is 14.5 Å². The molecule has 1 fully saturated rings. The van der Waals surface area contributed by atoms with Gasteiger partial charge in [0.05, 0.1) is 19.0 Å². The summed E-state index contributed by atoms with van der Waals surface area (Å²) in [4.78, 5) is 11.3. The van der Waals surface area contributed by atoms with Crippen molar-refractivity contribution in [2.45, 2.75) is 45.4 Å². The summed E-state index contributed by atoms with van der Waals surface area (Å²) in [6.07, 6.45) is 9.03. The Kier molecular flexibility index (Phi) is 9.18. The summed E-state index contributed by atoms with van der Waals surface area (Å²) >= 11 is 0. The third kappa shape index (κ3) is 7.15. The fourth-order valence-corrected chi connectivity index (χ4v) is 3.62. The monoisotopic (exact) mass is 413 g/mol. The zero-order chi connectivity index (χ0) is 21.0. The van der Waals surface area contributed by atoms with Gasteiger partial charge in [-0.25, -0.2) is 9.98 Å². The van der Waals surface area contributed by atoms with E-state index in [0.29, 0.717) is 12.6 Å². The number of ether oxygens (including phenoxy) is 2. The van der Waals surface area contributed by atoms with Gasteiger partial charge in [0, 0.05) is 58.9 Å². The molecule has 30 heavy (non-hydrogen) atoms. The smallest absolute Gasteiger partial charge is 0.194 e. The van der Waals surface area contributed by atoms with Gasteiger partial charge >= 0.3 is 0 Å². The van der Waals surface area contributed by atoms with Crippen molar-refractivity contribution in [2.75, 3.05) is 40.0 Å². The summed E-state index contributed by atoms with van der Waals surface area (Å²) in [5.41, 5.74) is 2.48. The third-order valence-electron chi connectivity index (χ3n) is 5.28. The van der Waals surface area contributed by atoms with Gasteiger partial charge in [-0.3, -0.25) is 0 Å². The number of hydrogen-bond acceptors (Lipinski definition) is 4. The largest absolute Gasteiger partial charge is 0.385 e. The number of piperidine rings is 1. The molecule has 1 aromatic carbocycles. The van der Waals surface area contributed by atoms with Crippen molar-refractivity contribution in [1.29, 1.82) is 0 Å². The van der Waals surface area contributed by atoms with Crippen LogP contribution in [0, 0.1) is 0 Å². The predicted molar refractivity (Wildman–Crippen MR) is 120 cm³/mol. The average molecular weight is 414 g/mol. The maximum absolute atomic E-state index is 5.98. The van der Waals surface area contributed by atoms with Crippen molar-refractivity contribution in [3.63, 3.8) is 0 Å². The molecule has 164 valence electrons. The Labute approximate surface area is 180 Å². The summed E-state index contributed by atoms with van der Waals surface area (Å²) < 4.78 is 13.1. The molecule has 0 radical (unpaired) electrons. The molecule has 2 aromatic rings. The first-order chi connectivity index (χ1) is 14.8. The summed E-state index contributed by atoms with van der Waals surface area (Å²) in [5, 5.41) is 3.45. The first-order valence-corrected chi connectivity index (χ1v) is 11.0. The SMILES string of the molecule is CCNC(=NCc1ccc(Cn2ccnc2)cc1)N1CCC(OCCCOC)CC1. The maximum atomic E-state index is 5.98. The van der Waals surface area contributed by atoms with E-state index in [2.05, 4.69) is 51.0 Å². The minimum atomic E-state index is 0.351. The van der Waals surface area contributed by atoms with E-state index in [1.807, 2.05) is 18.7 Å². The number of guanidine groups is 1. The summed E-state index contributed by atoms with van der Waals surface area (Å²) in [6.45, 7) is 8.01. The second-order valence-corrected chi connectivity index (χ2v) is 7.63. The number of methoxy groups -OCH3 is 1. The molecule has 1 N–H and O–H groups in total. The van der Waals surface area contributed by atoms with Gasteiger partial charge in [-0.05, 0) is 37.3 Å². The molecule has 0 bridgehead atoms. The lowest BCUT2D eigenvalue weighted by Gasteiger charge is -2.34. The van der Waals surface area contributed by atoms with Crippen molar-refractivity contribution >= 4 is 5.96 Å². The van der Waals surface area contributed by atoms with Crippen molar-refractivity contribution in [3.05, 3.63) is 54.1 Å². The minimum Gasteiger partial charge on any atom is -0.385 e. The Bertz CT molecular complexity index is 737. The van der Waals surface area contributed by atoms with Gasteiger partial charge in [0.1, 0.15) is 0 Å². The number of nitrogens with zero attached hydrogens (tertiary/aromatic N) is 4. The summed E-state index contributed by atoms with van der Waals surface area (Å²) in [7, 11) is 1.73. The van der Waals surface area contributed by atoms with Gasteiger partial charge in [-0.2, -0.15) is 0 Å². The number of imidazole rings is 1. The van der Waals surface area contributed by atoms with E-state index < -0.39 is 0 Å². The quantitative estimate of drug-likeness (QED) is 0.369. The molecule has 0 atom stereocenters. The molecule has 1 aromatic heterocycles. The van der Waals surface area contributed by atoms with Crippen molar-refractivity contribution in [3.8, 4) is 0 Å². The van der Waals surface area contributed by atoms with Gasteiger partial charge in [0.2, 0.25) is 0 Å². The van der Waals surface area contributed by atoms with Gasteiger partial charge < -0.3 is 24.3 Å². The molecule has 0 spiro atoms. The van der Waals surface area contributed by atoms with Gasteiger partial charge in [-0.1, -0.05) is 24.3 Å². The normalized spacial score (nSPS) is 15.5. The van der Waals surface area contributed by atoms with Crippen LogP contribution in [-0.2, 0) is 22.6 Å². The second kappa shape index (κ2) is 12.3. The van der Waals surface area contributed by atoms with Crippen molar-refractivity contribution < 1.29 is 9.47 Å². The maximum Gasteiger partial charge on any atom is 0.194 e. The van der Waals surface area contributed by atoms with E-state index in [-0.39, 0.29) is 0 Å². The highest BCUT2D eigenvalue weighted by Crippen LogP contribution is 2.15. The van der Waals surface area contributed by atoms with Crippen LogP contribution >= 0.6 is 0 Å². The molecule has 0 saturated carbocycles. The first kappa shape index (κ1) is 22.3. The Hall–Kier alpha value is -2.38. The third-order valence-corrected chi connectivity index (χ3v) is 5.28. The van der Waals surface area contributed by atoms with Crippen LogP contribution in [0.1, 0.15) is 37.3 Å². The Morgan fingerprint density at radius 1 is 1.17 bits per heavy atom. The standard InChI is InChI=1S/C23H35N5O2/c1-3-25-23(28-12-9-22(10-13-28)30-16-4-15-29-2)26-17-20-5-7-21(8-6-20)18-27-14-11-24-19-27/h5-8,11,14,19,22H,3-4,9-10,12-13,15-18H2,1-2H3,(H,25,26). The predicted octanol–water partition coefficient (Wildman–Crippen LogP) is 2.91. The Balaban J connectivity index is 1.48. The zero-order valence-electron chi connectivity index (χ0n) is 18.3. The summed E-state index contributed by atoms with van der Waals surface area (Å²) in [5.74, 6) is 0.998. The number of hydrogen-bond donors (Lipinski definition) is 1. The highest BCUT2D eigenvalue weighted by molar-refractivity contribution is 5.80. The van der Waals surface area contributed by atoms with Gasteiger partial charge in [-0.15, -0.1) is 0 Å². The topological polar surface area (TPSA) is 63.9 Å². The molecule has 3 rings (SSSR count). The lowest BCUT2D eigenvalue weighted by Crippen LogP contribution is -2.47. The second-order valence-electron chi connectivity index (χ2n) is 7.63. The molecular formula is C23H35N5O2. The van der Waals surface area contributed by atoms with Crippen LogP contribution in [0.4, 0.5) is 0 Å². The van der Waals surface area contributed by atoms with Crippen LogP contribution in [-0.4, -0.2) is 66.5 Å². The molecule has 1 aliphatic rings. The lowest BCUT2D eigenvalue weighted by atomic mass is 10.1. The van der Waals surface area contributed by atoms with Gasteiger partial charge in [0.15, 0.2) is 5.96 Å². The van der Waals surface area contributed by atoms with Crippen LogP contribution in [0.2, 0.25) is 0 Å². The van der Waals surface area contributed by atoms with E-state index in [9.17, 15) is 0 Å². The fourth-order valence-electron chi connectivity index (χ4n) is 3.62. The van der Waals surface area contributed by atoms with E-state index in [1.54, 1.807) is 7.11 Å². The first-order valence-electron chi connectivity index (χ1n) is 11.0. The van der Waals surface area contributed by atoms with E-state index >= 15 is 0 Å². The highest BCUT2D eigenvalue weighted by Gasteiger charge is 2.21. The number of aromatic nitrogens is 2. The fraction of sp³-hybridized carbons (Fsp3) is 0.565. The minimum absolute atomic E-state index is 0.351. The van der Waals surface area contributed by atoms with Crippen LogP contribution in [0.15, 0.2) is 48.0 Å². The lowest BCUT2D eigenvalue weighted by molar-refractivity contribution is 0.00990. The number of benzene rings is 1. The number of rotatable bonds is 10. The van der Waals surface area contributed by atoms with Crippen molar-refractivity contribution in [1.82, 2.24) is 19.8 Å². The average Bonchev–Trinajstić information content (AvgIpc) is 3.29. The highest BCUT2D eigenvalue weighted by atomic mass is 16.5. The number of aliphatic imine (C=N–C) groups is 1. The summed E-state index contributed by atoms with van der Waals surface area (Å²) in [6, 6.07) is 8.67. The molecular weight excluding hydrogens is 378 g/mol. The Morgan fingerprint density at radius 2 is 1.93 bits per heavy atom. The molecule has 2 heterocycles. The van der Waals surface area contributed by atoms with Crippen LogP contribution in [0.25, 0.3) is 0 Å². The molecule has 0 amide bonds. The molecule has 0 aliphatic carbocycles. The van der Waals surface area contributed by atoms with Crippen LogP contribution in [0.3, 0.4) is 0 Å².